The van der Waals surface area contributed by atoms with Crippen molar-refractivity contribution in [2.24, 2.45) is 0 Å². The SMILES string of the molecule is CCC(O)=CC(=O)c1nn(-c2ccnc(OC)c2)nc1N(Cc1ccc(OC)cc1)Cc1ccc(OC)cc1. The molecule has 4 aromatic rings. The molecule has 2 heterocycles. The number of methoxy groups -OCH3 is 3. The van der Waals surface area contributed by atoms with Gasteiger partial charge in [-0.2, -0.15) is 0 Å². The number of nitrogens with zero attached hydrogens (tertiary/aromatic N) is 5. The van der Waals surface area contributed by atoms with Crippen molar-refractivity contribution in [3.8, 4) is 23.1 Å². The molecule has 39 heavy (non-hydrogen) atoms. The number of anilines is 1. The van der Waals surface area contributed by atoms with Gasteiger partial charge in [0, 0.05) is 37.8 Å². The Morgan fingerprint density at radius 1 is 0.897 bits per heavy atom. The molecule has 10 nitrogen and oxygen atoms in total. The number of aromatic nitrogens is 4. The molecule has 0 saturated heterocycles. The maximum atomic E-state index is 13.3. The number of aliphatic hydroxyl groups excluding tert-OH is 1. The first-order valence-electron chi connectivity index (χ1n) is 12.4. The van der Waals surface area contributed by atoms with E-state index in [1.54, 1.807) is 39.5 Å². The molecule has 0 spiro atoms. The van der Waals surface area contributed by atoms with Crippen LogP contribution < -0.4 is 19.1 Å². The number of allylic oxidation sites excluding steroid dienone is 2. The Morgan fingerprint density at radius 3 is 2.00 bits per heavy atom. The molecule has 0 radical (unpaired) electrons. The molecule has 0 atom stereocenters. The van der Waals surface area contributed by atoms with Crippen molar-refractivity contribution < 1.29 is 24.1 Å². The maximum absolute atomic E-state index is 13.3. The minimum Gasteiger partial charge on any atom is -0.512 e. The Kier molecular flexibility index (Phi) is 8.78. The molecule has 2 aromatic carbocycles. The molecular formula is C29H31N5O5. The summed E-state index contributed by atoms with van der Waals surface area (Å²) in [5, 5.41) is 19.4. The number of benzene rings is 2. The fourth-order valence-corrected chi connectivity index (χ4v) is 3.85. The van der Waals surface area contributed by atoms with Gasteiger partial charge in [0.05, 0.1) is 32.8 Å². The van der Waals surface area contributed by atoms with E-state index in [9.17, 15) is 9.90 Å². The van der Waals surface area contributed by atoms with E-state index in [1.807, 2.05) is 53.4 Å². The van der Waals surface area contributed by atoms with Crippen molar-refractivity contribution in [1.29, 1.82) is 0 Å². The van der Waals surface area contributed by atoms with E-state index in [0.29, 0.717) is 36.9 Å². The maximum Gasteiger partial charge on any atom is 0.215 e. The van der Waals surface area contributed by atoms with Crippen LogP contribution in [0.1, 0.15) is 35.0 Å². The third kappa shape index (κ3) is 6.72. The Morgan fingerprint density at radius 2 is 1.49 bits per heavy atom. The van der Waals surface area contributed by atoms with Crippen LogP contribution in [0.25, 0.3) is 5.69 Å². The molecule has 0 fully saturated rings. The van der Waals surface area contributed by atoms with Crippen LogP contribution in [0, 0.1) is 0 Å². The molecular weight excluding hydrogens is 498 g/mol. The van der Waals surface area contributed by atoms with E-state index < -0.39 is 5.78 Å². The van der Waals surface area contributed by atoms with Crippen LogP contribution in [0.2, 0.25) is 0 Å². The predicted octanol–water partition coefficient (Wildman–Crippen LogP) is 4.93. The standard InChI is InChI=1S/C29H31N5O5/c1-5-23(35)17-26(36)28-29(32-34(31-28)22-14-15-30-27(16-22)39-4)33(18-20-6-10-24(37-2)11-7-20)19-21-8-12-25(38-3)13-9-21/h6-17,35H,5,18-19H2,1-4H3. The van der Waals surface area contributed by atoms with E-state index in [-0.39, 0.29) is 11.5 Å². The van der Waals surface area contributed by atoms with Gasteiger partial charge in [-0.1, -0.05) is 31.2 Å². The first-order chi connectivity index (χ1) is 18.9. The van der Waals surface area contributed by atoms with Crippen molar-refractivity contribution in [2.45, 2.75) is 26.4 Å². The van der Waals surface area contributed by atoms with Gasteiger partial charge in [-0.3, -0.25) is 4.79 Å². The lowest BCUT2D eigenvalue weighted by Gasteiger charge is -2.23. The molecule has 0 aliphatic heterocycles. The van der Waals surface area contributed by atoms with Crippen molar-refractivity contribution in [1.82, 2.24) is 20.0 Å². The number of ether oxygens (including phenoxy) is 3. The Balaban J connectivity index is 1.81. The van der Waals surface area contributed by atoms with Crippen LogP contribution in [0.4, 0.5) is 5.82 Å². The second kappa shape index (κ2) is 12.6. The zero-order valence-corrected chi connectivity index (χ0v) is 22.4. The summed E-state index contributed by atoms with van der Waals surface area (Å²) >= 11 is 0. The van der Waals surface area contributed by atoms with Gasteiger partial charge in [0.25, 0.3) is 0 Å². The summed E-state index contributed by atoms with van der Waals surface area (Å²) in [6.45, 7) is 2.62. The fourth-order valence-electron chi connectivity index (χ4n) is 3.85. The fraction of sp³-hybridized carbons (Fsp3) is 0.241. The Bertz CT molecular complexity index is 1380. The van der Waals surface area contributed by atoms with Crippen LogP contribution >= 0.6 is 0 Å². The summed E-state index contributed by atoms with van der Waals surface area (Å²) in [6.07, 6.45) is 3.08. The number of carbonyl (C=O) groups is 1. The van der Waals surface area contributed by atoms with Crippen molar-refractivity contribution in [3.63, 3.8) is 0 Å². The second-order valence-corrected chi connectivity index (χ2v) is 8.62. The Labute approximate surface area is 227 Å². The van der Waals surface area contributed by atoms with E-state index in [4.69, 9.17) is 19.3 Å². The number of carbonyl (C=O) groups excluding carboxylic acids is 1. The largest absolute Gasteiger partial charge is 0.512 e. The first-order valence-corrected chi connectivity index (χ1v) is 12.4. The third-order valence-electron chi connectivity index (χ3n) is 6.01. The molecule has 0 bridgehead atoms. The van der Waals surface area contributed by atoms with Crippen LogP contribution in [-0.2, 0) is 13.1 Å². The lowest BCUT2D eigenvalue weighted by molar-refractivity contribution is 0.103. The molecule has 202 valence electrons. The summed E-state index contributed by atoms with van der Waals surface area (Å²) in [7, 11) is 4.76. The molecule has 2 aromatic heterocycles. The van der Waals surface area contributed by atoms with E-state index >= 15 is 0 Å². The molecule has 0 amide bonds. The number of aliphatic hydroxyl groups is 1. The van der Waals surface area contributed by atoms with E-state index in [2.05, 4.69) is 10.1 Å². The normalized spacial score (nSPS) is 11.2. The van der Waals surface area contributed by atoms with Crippen LogP contribution in [0.3, 0.4) is 0 Å². The average Bonchev–Trinajstić information content (AvgIpc) is 3.43. The first kappa shape index (κ1) is 27.2. The highest BCUT2D eigenvalue weighted by Crippen LogP contribution is 2.26. The lowest BCUT2D eigenvalue weighted by Crippen LogP contribution is -2.24. The number of rotatable bonds is 12. The number of ketones is 1. The van der Waals surface area contributed by atoms with Gasteiger partial charge in [-0.15, -0.1) is 15.0 Å². The average molecular weight is 530 g/mol. The van der Waals surface area contributed by atoms with Gasteiger partial charge in [0.15, 0.2) is 11.5 Å². The number of pyridine rings is 1. The van der Waals surface area contributed by atoms with Gasteiger partial charge < -0.3 is 24.2 Å². The summed E-state index contributed by atoms with van der Waals surface area (Å²) in [4.78, 5) is 20.8. The van der Waals surface area contributed by atoms with Gasteiger partial charge in [-0.05, 0) is 41.5 Å². The minimum absolute atomic E-state index is 0.0389. The van der Waals surface area contributed by atoms with E-state index in [0.717, 1.165) is 22.6 Å². The number of hydrogen-bond donors (Lipinski definition) is 1. The highest BCUT2D eigenvalue weighted by atomic mass is 16.5. The third-order valence-corrected chi connectivity index (χ3v) is 6.01. The molecule has 1 N–H and O–H groups in total. The smallest absolute Gasteiger partial charge is 0.215 e. The summed E-state index contributed by atoms with van der Waals surface area (Å²) in [6, 6.07) is 18.8. The molecule has 0 saturated carbocycles. The monoisotopic (exact) mass is 529 g/mol. The molecule has 10 heteroatoms. The highest BCUT2D eigenvalue weighted by Gasteiger charge is 2.24. The van der Waals surface area contributed by atoms with Crippen LogP contribution in [0.15, 0.2) is 78.7 Å². The van der Waals surface area contributed by atoms with Crippen molar-refractivity contribution in [2.75, 3.05) is 26.2 Å². The summed E-state index contributed by atoms with van der Waals surface area (Å²) in [5.74, 6) is 1.75. The zero-order valence-electron chi connectivity index (χ0n) is 22.4. The summed E-state index contributed by atoms with van der Waals surface area (Å²) < 4.78 is 15.9. The van der Waals surface area contributed by atoms with E-state index in [1.165, 1.54) is 18.0 Å². The molecule has 0 aliphatic carbocycles. The molecule has 0 aliphatic rings. The van der Waals surface area contributed by atoms with Gasteiger partial charge >= 0.3 is 0 Å². The van der Waals surface area contributed by atoms with Crippen LogP contribution in [0.5, 0.6) is 17.4 Å². The second-order valence-electron chi connectivity index (χ2n) is 8.62. The highest BCUT2D eigenvalue weighted by molar-refractivity contribution is 6.06. The quantitative estimate of drug-likeness (QED) is 0.155. The zero-order chi connectivity index (χ0) is 27.8. The van der Waals surface area contributed by atoms with Crippen LogP contribution in [-0.4, -0.2) is 52.2 Å². The van der Waals surface area contributed by atoms with Crippen molar-refractivity contribution in [3.05, 3.63) is 95.5 Å². The lowest BCUT2D eigenvalue weighted by atomic mass is 10.1. The molecule has 4 rings (SSSR count). The van der Waals surface area contributed by atoms with Crippen molar-refractivity contribution >= 4 is 11.6 Å². The van der Waals surface area contributed by atoms with Gasteiger partial charge in [0.1, 0.15) is 11.5 Å². The predicted molar refractivity (Wildman–Crippen MR) is 147 cm³/mol. The Hall–Kier alpha value is -4.86. The molecule has 0 unspecified atom stereocenters. The topological polar surface area (TPSA) is 112 Å². The van der Waals surface area contributed by atoms with Gasteiger partial charge in [-0.25, -0.2) is 4.98 Å². The minimum atomic E-state index is -0.453. The summed E-state index contributed by atoms with van der Waals surface area (Å²) in [5.41, 5.74) is 2.64. The van der Waals surface area contributed by atoms with Gasteiger partial charge in [0.2, 0.25) is 11.7 Å². The number of hydrogen-bond acceptors (Lipinski definition) is 9.